The predicted octanol–water partition coefficient (Wildman–Crippen LogP) is 2.55. The third-order valence-corrected chi connectivity index (χ3v) is 2.64. The number of aromatic nitrogens is 2. The lowest BCUT2D eigenvalue weighted by Crippen LogP contribution is -1.99. The normalized spacial score (nSPS) is 10.5. The molecule has 0 aliphatic rings. The zero-order valence-corrected chi connectivity index (χ0v) is 10.2. The minimum Gasteiger partial charge on any atom is -0.494 e. The molecule has 2 rings (SSSR count). The van der Waals surface area contributed by atoms with Crippen molar-refractivity contribution in [3.05, 3.63) is 30.6 Å². The number of rotatable bonds is 4. The number of nitrogens with two attached hydrogens (primary N) is 1. The van der Waals surface area contributed by atoms with Crippen LogP contribution in [0.1, 0.15) is 13.8 Å². The van der Waals surface area contributed by atoms with Crippen LogP contribution in [0.15, 0.2) is 30.6 Å². The fourth-order valence-electron chi connectivity index (χ4n) is 1.77. The zero-order chi connectivity index (χ0) is 12.3. The summed E-state index contributed by atoms with van der Waals surface area (Å²) in [6, 6.07) is 7.83. The van der Waals surface area contributed by atoms with Gasteiger partial charge in [0.2, 0.25) is 0 Å². The van der Waals surface area contributed by atoms with Crippen molar-refractivity contribution >= 4 is 5.82 Å². The van der Waals surface area contributed by atoms with Gasteiger partial charge in [0.25, 0.3) is 0 Å². The lowest BCUT2D eigenvalue weighted by atomic mass is 10.1. The van der Waals surface area contributed by atoms with Gasteiger partial charge < -0.3 is 15.0 Å². The zero-order valence-electron chi connectivity index (χ0n) is 10.2. The predicted molar refractivity (Wildman–Crippen MR) is 68.9 cm³/mol. The van der Waals surface area contributed by atoms with E-state index >= 15 is 0 Å². The Morgan fingerprint density at radius 1 is 1.35 bits per heavy atom. The van der Waals surface area contributed by atoms with Gasteiger partial charge in [-0.05, 0) is 26.0 Å². The molecule has 0 saturated heterocycles. The average molecular weight is 231 g/mol. The molecule has 0 bridgehead atoms. The number of nitrogens with zero attached hydrogens (tertiary/aromatic N) is 2. The Balaban J connectivity index is 2.38. The molecular formula is C13H17N3O. The Labute approximate surface area is 101 Å². The summed E-state index contributed by atoms with van der Waals surface area (Å²) in [6.07, 6.45) is 1.76. The minimum atomic E-state index is 0.655. The molecule has 17 heavy (non-hydrogen) atoms. The summed E-state index contributed by atoms with van der Waals surface area (Å²) in [5.41, 5.74) is 7.83. The van der Waals surface area contributed by atoms with Gasteiger partial charge >= 0.3 is 0 Å². The Bertz CT molecular complexity index is 505. The molecule has 0 atom stereocenters. The molecular weight excluding hydrogens is 214 g/mol. The Kier molecular flexibility index (Phi) is 3.32. The number of aryl methyl sites for hydroxylation is 1. The van der Waals surface area contributed by atoms with Crippen LogP contribution in [0.3, 0.4) is 0 Å². The minimum absolute atomic E-state index is 0.655. The quantitative estimate of drug-likeness (QED) is 0.879. The van der Waals surface area contributed by atoms with Gasteiger partial charge in [-0.2, -0.15) is 0 Å². The van der Waals surface area contributed by atoms with Crippen LogP contribution < -0.4 is 10.5 Å². The van der Waals surface area contributed by atoms with E-state index in [9.17, 15) is 0 Å². The van der Waals surface area contributed by atoms with Crippen molar-refractivity contribution in [2.24, 2.45) is 0 Å². The van der Waals surface area contributed by atoms with Gasteiger partial charge in [0.05, 0.1) is 12.9 Å². The van der Waals surface area contributed by atoms with Crippen molar-refractivity contribution in [1.29, 1.82) is 0 Å². The highest BCUT2D eigenvalue weighted by Gasteiger charge is 2.09. The first-order valence-corrected chi connectivity index (χ1v) is 5.80. The maximum Gasteiger partial charge on any atom is 0.131 e. The largest absolute Gasteiger partial charge is 0.494 e. The highest BCUT2D eigenvalue weighted by Crippen LogP contribution is 2.27. The highest BCUT2D eigenvalue weighted by molar-refractivity contribution is 5.71. The molecule has 0 aliphatic heterocycles. The standard InChI is InChI=1S/C13H17N3O/c1-3-16-9-15-12(13(16)14)10-6-5-7-11(8-10)17-4-2/h5-9H,3-4,14H2,1-2H3. The summed E-state index contributed by atoms with van der Waals surface area (Å²) < 4.78 is 7.38. The van der Waals surface area contributed by atoms with E-state index in [4.69, 9.17) is 10.5 Å². The van der Waals surface area contributed by atoms with E-state index in [0.717, 1.165) is 23.6 Å². The highest BCUT2D eigenvalue weighted by atomic mass is 16.5. The molecule has 90 valence electrons. The van der Waals surface area contributed by atoms with Crippen LogP contribution in [0, 0.1) is 0 Å². The van der Waals surface area contributed by atoms with E-state index in [-0.39, 0.29) is 0 Å². The number of anilines is 1. The molecule has 0 radical (unpaired) electrons. The lowest BCUT2D eigenvalue weighted by molar-refractivity contribution is 0.340. The first kappa shape index (κ1) is 11.5. The van der Waals surface area contributed by atoms with Crippen LogP contribution >= 0.6 is 0 Å². The summed E-state index contributed by atoms with van der Waals surface area (Å²) in [6.45, 7) is 5.48. The monoisotopic (exact) mass is 231 g/mol. The van der Waals surface area contributed by atoms with E-state index in [2.05, 4.69) is 4.98 Å². The topological polar surface area (TPSA) is 53.1 Å². The van der Waals surface area contributed by atoms with E-state index in [0.29, 0.717) is 12.4 Å². The molecule has 0 unspecified atom stereocenters. The average Bonchev–Trinajstić information content (AvgIpc) is 2.71. The molecule has 4 heteroatoms. The molecule has 0 spiro atoms. The molecule has 1 aromatic heterocycles. The maximum atomic E-state index is 6.03. The third kappa shape index (κ3) is 2.25. The molecule has 2 aromatic rings. The van der Waals surface area contributed by atoms with Crippen LogP contribution in [-0.2, 0) is 6.54 Å². The fourth-order valence-corrected chi connectivity index (χ4v) is 1.77. The van der Waals surface area contributed by atoms with Gasteiger partial charge in [-0.25, -0.2) is 4.98 Å². The van der Waals surface area contributed by atoms with Gasteiger partial charge in [0, 0.05) is 12.1 Å². The Hall–Kier alpha value is -1.97. The number of hydrogen-bond acceptors (Lipinski definition) is 3. The second-order valence-corrected chi connectivity index (χ2v) is 3.73. The lowest BCUT2D eigenvalue weighted by Gasteiger charge is -2.06. The maximum absolute atomic E-state index is 6.03. The van der Waals surface area contributed by atoms with Gasteiger partial charge in [-0.3, -0.25) is 0 Å². The number of nitrogen functional groups attached to an aromatic ring is 1. The van der Waals surface area contributed by atoms with Crippen LogP contribution in [0.25, 0.3) is 11.3 Å². The Morgan fingerprint density at radius 2 is 2.18 bits per heavy atom. The van der Waals surface area contributed by atoms with Crippen molar-refractivity contribution in [2.45, 2.75) is 20.4 Å². The van der Waals surface area contributed by atoms with E-state index < -0.39 is 0 Å². The first-order valence-electron chi connectivity index (χ1n) is 5.80. The van der Waals surface area contributed by atoms with E-state index in [1.807, 2.05) is 42.7 Å². The molecule has 1 aromatic carbocycles. The summed E-state index contributed by atoms with van der Waals surface area (Å²) in [5.74, 6) is 1.54. The van der Waals surface area contributed by atoms with Gasteiger partial charge in [0.1, 0.15) is 17.3 Å². The van der Waals surface area contributed by atoms with Crippen LogP contribution in [-0.4, -0.2) is 16.2 Å². The van der Waals surface area contributed by atoms with Crippen LogP contribution in [0.5, 0.6) is 5.75 Å². The summed E-state index contributed by atoms with van der Waals surface area (Å²) in [4.78, 5) is 4.34. The molecule has 0 saturated carbocycles. The SMILES string of the molecule is CCOc1cccc(-c2ncn(CC)c2N)c1. The van der Waals surface area contributed by atoms with Gasteiger partial charge in [0.15, 0.2) is 0 Å². The second kappa shape index (κ2) is 4.91. The van der Waals surface area contributed by atoms with Gasteiger partial charge in [-0.1, -0.05) is 12.1 Å². The van der Waals surface area contributed by atoms with Crippen molar-refractivity contribution < 1.29 is 4.74 Å². The van der Waals surface area contributed by atoms with Crippen molar-refractivity contribution in [3.8, 4) is 17.0 Å². The van der Waals surface area contributed by atoms with Gasteiger partial charge in [-0.15, -0.1) is 0 Å². The number of benzene rings is 1. The summed E-state index contributed by atoms with van der Waals surface area (Å²) in [5, 5.41) is 0. The first-order chi connectivity index (χ1) is 8.26. The number of ether oxygens (including phenoxy) is 1. The molecule has 2 N–H and O–H groups in total. The van der Waals surface area contributed by atoms with E-state index in [1.54, 1.807) is 6.33 Å². The smallest absolute Gasteiger partial charge is 0.131 e. The summed E-state index contributed by atoms with van der Waals surface area (Å²) in [7, 11) is 0. The molecule has 0 fully saturated rings. The van der Waals surface area contributed by atoms with E-state index in [1.165, 1.54) is 0 Å². The molecule has 0 aliphatic carbocycles. The van der Waals surface area contributed by atoms with Crippen molar-refractivity contribution in [2.75, 3.05) is 12.3 Å². The number of imidazole rings is 1. The number of hydrogen-bond donors (Lipinski definition) is 1. The van der Waals surface area contributed by atoms with Crippen molar-refractivity contribution in [3.63, 3.8) is 0 Å². The molecule has 1 heterocycles. The fraction of sp³-hybridized carbons (Fsp3) is 0.308. The molecule has 0 amide bonds. The van der Waals surface area contributed by atoms with Crippen LogP contribution in [0.4, 0.5) is 5.82 Å². The molecule has 4 nitrogen and oxygen atoms in total. The van der Waals surface area contributed by atoms with Crippen LogP contribution in [0.2, 0.25) is 0 Å². The Morgan fingerprint density at radius 3 is 2.82 bits per heavy atom. The third-order valence-electron chi connectivity index (χ3n) is 2.64. The summed E-state index contributed by atoms with van der Waals surface area (Å²) >= 11 is 0. The van der Waals surface area contributed by atoms with Crippen molar-refractivity contribution in [1.82, 2.24) is 9.55 Å². The second-order valence-electron chi connectivity index (χ2n) is 3.73.